The Morgan fingerprint density at radius 2 is 1.70 bits per heavy atom. The van der Waals surface area contributed by atoms with Crippen LogP contribution in [0, 0.1) is 50.7 Å². The van der Waals surface area contributed by atoms with E-state index < -0.39 is 5.41 Å². The molecule has 4 fully saturated rings. The molecule has 0 spiro atoms. The molecule has 0 radical (unpaired) electrons. The van der Waals surface area contributed by atoms with Crippen molar-refractivity contribution in [2.45, 2.75) is 119 Å². The summed E-state index contributed by atoms with van der Waals surface area (Å²) in [5.74, 6) is 1.32. The van der Waals surface area contributed by atoms with Crippen LogP contribution in [0.2, 0.25) is 0 Å². The van der Waals surface area contributed by atoms with E-state index in [1.54, 1.807) is 10.9 Å². The van der Waals surface area contributed by atoms with E-state index in [9.17, 15) is 14.4 Å². The average Bonchev–Trinajstić information content (AvgIpc) is 3.46. The number of nitrogens with one attached hydrogen (secondary N) is 1. The lowest BCUT2D eigenvalue weighted by molar-refractivity contribution is -0.232. The normalized spacial score (nSPS) is 41.7. The van der Waals surface area contributed by atoms with Crippen LogP contribution in [0.25, 0.3) is 0 Å². The highest BCUT2D eigenvalue weighted by Gasteiger charge is 2.71. The first-order valence-corrected chi connectivity index (χ1v) is 16.8. The number of rotatable bonds is 4. The second-order valence-electron chi connectivity index (χ2n) is 16.6. The minimum absolute atomic E-state index is 0.00104. The number of nitrogens with zero attached hydrogens (tertiary/aromatic N) is 2. The molecular formula is C36H53N3O4. The first kappa shape index (κ1) is 30.6. The molecule has 0 saturated heterocycles. The van der Waals surface area contributed by atoms with E-state index in [4.69, 9.17) is 4.74 Å². The fraction of sp³-hybridized carbons (Fsp3) is 0.778. The molecule has 4 saturated carbocycles. The third kappa shape index (κ3) is 4.11. The molecule has 236 valence electrons. The predicted octanol–water partition coefficient (Wildman–Crippen LogP) is 7.27. The van der Waals surface area contributed by atoms with Crippen molar-refractivity contribution >= 4 is 23.3 Å². The van der Waals surface area contributed by atoms with E-state index in [0.29, 0.717) is 30.4 Å². The highest BCUT2D eigenvalue weighted by Crippen LogP contribution is 2.76. The van der Waals surface area contributed by atoms with Crippen LogP contribution >= 0.6 is 0 Å². The number of anilines is 1. The number of ketones is 1. The maximum atomic E-state index is 14.3. The number of allylic oxidation sites excluding steroid dienone is 1. The number of hydrogen-bond donors (Lipinski definition) is 1. The van der Waals surface area contributed by atoms with Gasteiger partial charge >= 0.3 is 5.97 Å². The van der Waals surface area contributed by atoms with Crippen LogP contribution in [0.4, 0.5) is 5.69 Å². The van der Waals surface area contributed by atoms with Gasteiger partial charge in [0.1, 0.15) is 6.10 Å². The lowest BCUT2D eigenvalue weighted by Crippen LogP contribution is -2.66. The summed E-state index contributed by atoms with van der Waals surface area (Å²) in [6.07, 6.45) is 11.8. The molecule has 0 bridgehead atoms. The molecule has 1 amide bonds. The highest BCUT2D eigenvalue weighted by atomic mass is 16.5. The molecule has 5 aliphatic rings. The zero-order valence-electron chi connectivity index (χ0n) is 27.9. The van der Waals surface area contributed by atoms with Gasteiger partial charge in [-0.05, 0) is 102 Å². The maximum Gasteiger partial charge on any atom is 0.302 e. The summed E-state index contributed by atoms with van der Waals surface area (Å²) in [7, 11) is 1.85. The van der Waals surface area contributed by atoms with Crippen molar-refractivity contribution in [3.8, 4) is 0 Å². The van der Waals surface area contributed by atoms with Gasteiger partial charge in [0.2, 0.25) is 5.91 Å². The Labute approximate surface area is 258 Å². The minimum Gasteiger partial charge on any atom is -0.462 e. The molecule has 6 rings (SSSR count). The zero-order chi connectivity index (χ0) is 31.3. The Bertz CT molecular complexity index is 1390. The van der Waals surface area contributed by atoms with E-state index in [1.807, 2.05) is 13.2 Å². The van der Waals surface area contributed by atoms with E-state index in [-0.39, 0.29) is 57.3 Å². The molecular weight excluding hydrogens is 538 g/mol. The van der Waals surface area contributed by atoms with Crippen LogP contribution in [0.1, 0.15) is 113 Å². The number of amides is 1. The first-order valence-electron chi connectivity index (χ1n) is 16.8. The molecule has 5 aliphatic carbocycles. The van der Waals surface area contributed by atoms with Crippen LogP contribution in [-0.4, -0.2) is 33.5 Å². The van der Waals surface area contributed by atoms with Gasteiger partial charge in [0.05, 0.1) is 17.3 Å². The summed E-state index contributed by atoms with van der Waals surface area (Å²) in [5, 5.41) is 7.43. The van der Waals surface area contributed by atoms with E-state index in [0.717, 1.165) is 50.5 Å². The number of hydrogen-bond acceptors (Lipinski definition) is 5. The van der Waals surface area contributed by atoms with Crippen LogP contribution in [0.5, 0.6) is 0 Å². The van der Waals surface area contributed by atoms with Gasteiger partial charge < -0.3 is 10.1 Å². The Balaban J connectivity index is 1.39. The molecule has 1 N–H and O–H groups in total. The quantitative estimate of drug-likeness (QED) is 0.372. The molecule has 1 heterocycles. The number of Topliss-reactive ketones (excluding diaryl/α,β-unsaturated/α-hetero) is 1. The summed E-state index contributed by atoms with van der Waals surface area (Å²) in [6.45, 7) is 18.1. The van der Waals surface area contributed by atoms with Gasteiger partial charge in [0.15, 0.2) is 5.78 Å². The summed E-state index contributed by atoms with van der Waals surface area (Å²) < 4.78 is 7.61. The molecule has 0 aliphatic heterocycles. The van der Waals surface area contributed by atoms with Gasteiger partial charge in [-0.3, -0.25) is 19.1 Å². The number of ether oxygens (including phenoxy) is 1. The van der Waals surface area contributed by atoms with Crippen molar-refractivity contribution in [2.75, 3.05) is 5.32 Å². The molecule has 8 atom stereocenters. The summed E-state index contributed by atoms with van der Waals surface area (Å²) in [4.78, 5) is 40.1. The lowest BCUT2D eigenvalue weighted by atomic mass is 9.33. The average molecular weight is 592 g/mol. The van der Waals surface area contributed by atoms with Crippen LogP contribution < -0.4 is 5.32 Å². The fourth-order valence-electron chi connectivity index (χ4n) is 12.0. The van der Waals surface area contributed by atoms with Crippen molar-refractivity contribution in [2.24, 2.45) is 57.8 Å². The maximum absolute atomic E-state index is 14.3. The van der Waals surface area contributed by atoms with Gasteiger partial charge in [-0.1, -0.05) is 48.5 Å². The molecule has 2 unspecified atom stereocenters. The van der Waals surface area contributed by atoms with Crippen molar-refractivity contribution in [3.05, 3.63) is 23.5 Å². The van der Waals surface area contributed by atoms with Gasteiger partial charge in [-0.15, -0.1) is 0 Å². The van der Waals surface area contributed by atoms with E-state index in [2.05, 4.69) is 58.9 Å². The van der Waals surface area contributed by atoms with Crippen LogP contribution in [0.3, 0.4) is 0 Å². The summed E-state index contributed by atoms with van der Waals surface area (Å²) >= 11 is 0. The van der Waals surface area contributed by atoms with Crippen molar-refractivity contribution < 1.29 is 19.1 Å². The highest BCUT2D eigenvalue weighted by molar-refractivity contribution is 6.09. The number of fused-ring (bicyclic) bond motifs is 7. The molecule has 7 nitrogen and oxygen atoms in total. The first-order chi connectivity index (χ1) is 20.0. The number of esters is 1. The van der Waals surface area contributed by atoms with E-state index in [1.165, 1.54) is 12.5 Å². The second-order valence-corrected chi connectivity index (χ2v) is 16.6. The van der Waals surface area contributed by atoms with Gasteiger partial charge in [-0.25, -0.2) is 0 Å². The predicted molar refractivity (Wildman–Crippen MR) is 167 cm³/mol. The summed E-state index contributed by atoms with van der Waals surface area (Å²) in [6, 6.07) is 0. The Morgan fingerprint density at radius 1 is 0.977 bits per heavy atom. The zero-order valence-corrected chi connectivity index (χ0v) is 27.9. The van der Waals surface area contributed by atoms with Gasteiger partial charge in [-0.2, -0.15) is 5.10 Å². The Hall–Kier alpha value is -2.44. The van der Waals surface area contributed by atoms with Crippen molar-refractivity contribution in [1.82, 2.24) is 9.78 Å². The topological polar surface area (TPSA) is 90.3 Å². The molecule has 7 heteroatoms. The molecule has 0 aromatic carbocycles. The fourth-order valence-corrected chi connectivity index (χ4v) is 12.0. The monoisotopic (exact) mass is 591 g/mol. The number of carbonyl (C=O) groups is 3. The second kappa shape index (κ2) is 9.78. The van der Waals surface area contributed by atoms with E-state index >= 15 is 0 Å². The largest absolute Gasteiger partial charge is 0.462 e. The Morgan fingerprint density at radius 3 is 2.33 bits per heavy atom. The van der Waals surface area contributed by atoms with Gasteiger partial charge in [0, 0.05) is 32.0 Å². The number of aromatic nitrogens is 2. The minimum atomic E-state index is -0.773. The van der Waals surface area contributed by atoms with Crippen molar-refractivity contribution in [1.29, 1.82) is 0 Å². The third-order valence-corrected chi connectivity index (χ3v) is 14.1. The molecule has 1 aromatic rings. The third-order valence-electron chi connectivity index (χ3n) is 14.1. The molecule has 1 aromatic heterocycles. The molecule has 43 heavy (non-hydrogen) atoms. The standard InChI is InChI=1S/C36H53N3O4/c1-21(2)29-25(41)18-36(31(42)38-23-19-37-39(9)20-23)17-16-34(7)24(30(29)36)10-11-27-33(6)14-13-28(43-22(3)40)32(4,5)26(33)12-15-35(27,34)8/h19-21,24,26-28H,10-18H2,1-9H3,(H,38,42)/t24-,26?,27?,28+,33+,34-,35-,36-/m1/s1. The van der Waals surface area contributed by atoms with Crippen LogP contribution in [-0.2, 0) is 26.2 Å². The number of aryl methyl sites for hydroxylation is 1. The summed E-state index contributed by atoms with van der Waals surface area (Å²) in [5.41, 5.74) is 2.20. The van der Waals surface area contributed by atoms with Crippen molar-refractivity contribution in [3.63, 3.8) is 0 Å². The SMILES string of the molecule is CC(=O)O[C@H]1CC[C@@]2(C)C(CC[C@]3(C)C2CC[C@@H]2C4=C(C(C)C)C(=O)C[C@]4(C(=O)Nc4cnn(C)c4)CC[C@]23C)C1(C)C. The van der Waals surface area contributed by atoms with Crippen LogP contribution in [0.15, 0.2) is 23.5 Å². The van der Waals surface area contributed by atoms with Gasteiger partial charge in [0.25, 0.3) is 0 Å². The Kier molecular flexibility index (Phi) is 6.95. The lowest BCUT2D eigenvalue weighted by Gasteiger charge is -2.72. The smallest absolute Gasteiger partial charge is 0.302 e. The number of carbonyl (C=O) groups excluding carboxylic acids is 3.